The van der Waals surface area contributed by atoms with E-state index in [2.05, 4.69) is 10.6 Å². The minimum atomic E-state index is -0.400. The van der Waals surface area contributed by atoms with Gasteiger partial charge in [0.15, 0.2) is 0 Å². The number of amides is 2. The average molecular weight is 327 g/mol. The second-order valence-electron chi connectivity index (χ2n) is 5.21. The minimum absolute atomic E-state index is 0.142. The van der Waals surface area contributed by atoms with Crippen LogP contribution in [0.4, 0.5) is 0 Å². The normalized spacial score (nSPS) is 13.3. The monoisotopic (exact) mass is 326 g/mol. The average Bonchev–Trinajstić information content (AvgIpc) is 2.46. The number of nitrogens with one attached hydrogen (secondary N) is 2. The van der Waals surface area contributed by atoms with Gasteiger partial charge in [-0.05, 0) is 30.5 Å². The number of benzene rings is 1. The lowest BCUT2D eigenvalue weighted by molar-refractivity contribution is -0.122. The van der Waals surface area contributed by atoms with E-state index in [0.29, 0.717) is 24.4 Å². The van der Waals surface area contributed by atoms with Crippen LogP contribution in [0, 0.1) is 0 Å². The van der Waals surface area contributed by atoms with Crippen molar-refractivity contribution in [3.8, 4) is 0 Å². The molecule has 0 heterocycles. The van der Waals surface area contributed by atoms with Gasteiger partial charge in [-0.15, -0.1) is 0 Å². The molecule has 22 heavy (non-hydrogen) atoms. The molecule has 0 bridgehead atoms. The molecule has 6 heteroatoms. The summed E-state index contributed by atoms with van der Waals surface area (Å²) >= 11 is 5.85. The number of hydrogen-bond donors (Lipinski definition) is 3. The lowest BCUT2D eigenvalue weighted by Gasteiger charge is -2.18. The maximum absolute atomic E-state index is 12.0. The largest absolute Gasteiger partial charge is 0.393 e. The molecular weight excluding hydrogens is 304 g/mol. The maximum Gasteiger partial charge on any atom is 0.222 e. The van der Waals surface area contributed by atoms with Crippen LogP contribution >= 0.6 is 11.6 Å². The fourth-order valence-corrected chi connectivity index (χ4v) is 2.16. The van der Waals surface area contributed by atoms with Crippen LogP contribution in [0.5, 0.6) is 0 Å². The summed E-state index contributed by atoms with van der Waals surface area (Å²) in [6.07, 6.45) is 0.926. The van der Waals surface area contributed by atoms with Crippen LogP contribution in [0.25, 0.3) is 0 Å². The topological polar surface area (TPSA) is 78.4 Å². The number of hydrogen-bond acceptors (Lipinski definition) is 3. The number of rotatable bonds is 8. The molecule has 0 aliphatic rings. The summed E-state index contributed by atoms with van der Waals surface area (Å²) in [5, 5.41) is 15.6. The third-order valence-corrected chi connectivity index (χ3v) is 3.56. The summed E-state index contributed by atoms with van der Waals surface area (Å²) < 4.78 is 0. The van der Waals surface area contributed by atoms with Crippen molar-refractivity contribution in [2.45, 2.75) is 45.3 Å². The summed E-state index contributed by atoms with van der Waals surface area (Å²) in [4.78, 5) is 23.3. The molecule has 2 unspecified atom stereocenters. The molecule has 0 radical (unpaired) electrons. The third kappa shape index (κ3) is 6.91. The molecule has 0 saturated carbocycles. The van der Waals surface area contributed by atoms with Crippen LogP contribution in [0.15, 0.2) is 24.3 Å². The number of carbonyl (C=O) groups excluding carboxylic acids is 2. The summed E-state index contributed by atoms with van der Waals surface area (Å²) in [7, 11) is 0. The highest BCUT2D eigenvalue weighted by Crippen LogP contribution is 2.19. The van der Waals surface area contributed by atoms with Crippen LogP contribution < -0.4 is 10.6 Å². The first-order chi connectivity index (χ1) is 10.4. The first-order valence-electron chi connectivity index (χ1n) is 7.39. The second-order valence-corrected chi connectivity index (χ2v) is 5.65. The van der Waals surface area contributed by atoms with Gasteiger partial charge in [-0.25, -0.2) is 0 Å². The highest BCUT2D eigenvalue weighted by atomic mass is 35.5. The fourth-order valence-electron chi connectivity index (χ4n) is 2.03. The van der Waals surface area contributed by atoms with E-state index in [1.807, 2.05) is 6.92 Å². The Bertz CT molecular complexity index is 491. The Morgan fingerprint density at radius 1 is 1.27 bits per heavy atom. The fraction of sp³-hybridized carbons (Fsp3) is 0.500. The van der Waals surface area contributed by atoms with Crippen LogP contribution in [0.2, 0.25) is 5.02 Å². The Morgan fingerprint density at radius 3 is 2.45 bits per heavy atom. The molecule has 0 spiro atoms. The molecule has 0 aliphatic heterocycles. The first kappa shape index (κ1) is 18.5. The van der Waals surface area contributed by atoms with Crippen LogP contribution in [-0.4, -0.2) is 29.6 Å². The van der Waals surface area contributed by atoms with E-state index >= 15 is 0 Å². The Balaban J connectivity index is 2.59. The SMILES string of the molecule is CCC(O)CCNC(=O)CC(NC(C)=O)c1ccc(Cl)cc1. The van der Waals surface area contributed by atoms with Crippen molar-refractivity contribution in [3.63, 3.8) is 0 Å². The molecule has 0 aliphatic carbocycles. The summed E-state index contributed by atoms with van der Waals surface area (Å²) in [6.45, 7) is 3.72. The van der Waals surface area contributed by atoms with Gasteiger partial charge in [0.1, 0.15) is 0 Å². The molecule has 1 aromatic rings. The zero-order valence-electron chi connectivity index (χ0n) is 12.9. The van der Waals surface area contributed by atoms with Gasteiger partial charge in [0, 0.05) is 18.5 Å². The predicted octanol–water partition coefficient (Wildman–Crippen LogP) is 2.18. The zero-order chi connectivity index (χ0) is 16.5. The van der Waals surface area contributed by atoms with Crippen molar-refractivity contribution >= 4 is 23.4 Å². The number of carbonyl (C=O) groups is 2. The molecule has 1 rings (SSSR count). The standard InChI is InChI=1S/C16H23ClN2O3/c1-3-14(21)8-9-18-16(22)10-15(19-11(2)20)12-4-6-13(17)7-5-12/h4-7,14-15,21H,3,8-10H2,1-2H3,(H,18,22)(H,19,20). The minimum Gasteiger partial charge on any atom is -0.393 e. The quantitative estimate of drug-likeness (QED) is 0.685. The molecule has 2 amide bonds. The van der Waals surface area contributed by atoms with E-state index < -0.39 is 12.1 Å². The van der Waals surface area contributed by atoms with E-state index in [-0.39, 0.29) is 18.2 Å². The molecule has 3 N–H and O–H groups in total. The molecule has 0 fully saturated rings. The van der Waals surface area contributed by atoms with Crippen LogP contribution in [0.1, 0.15) is 44.7 Å². The van der Waals surface area contributed by atoms with Crippen LogP contribution in [-0.2, 0) is 9.59 Å². The van der Waals surface area contributed by atoms with Gasteiger partial charge in [0.2, 0.25) is 11.8 Å². The van der Waals surface area contributed by atoms with E-state index in [1.165, 1.54) is 6.92 Å². The Kier molecular flexibility index (Phi) is 7.91. The van der Waals surface area contributed by atoms with Crippen molar-refractivity contribution in [3.05, 3.63) is 34.9 Å². The highest BCUT2D eigenvalue weighted by molar-refractivity contribution is 6.30. The molecular formula is C16H23ClN2O3. The van der Waals surface area contributed by atoms with Crippen molar-refractivity contribution in [2.24, 2.45) is 0 Å². The lowest BCUT2D eigenvalue weighted by atomic mass is 10.0. The van der Waals surface area contributed by atoms with Gasteiger partial charge < -0.3 is 15.7 Å². The highest BCUT2D eigenvalue weighted by Gasteiger charge is 2.17. The van der Waals surface area contributed by atoms with Crippen molar-refractivity contribution in [1.82, 2.24) is 10.6 Å². The Labute approximate surface area is 136 Å². The summed E-state index contributed by atoms with van der Waals surface area (Å²) in [5.41, 5.74) is 0.823. The third-order valence-electron chi connectivity index (χ3n) is 3.31. The van der Waals surface area contributed by atoms with Crippen LogP contribution in [0.3, 0.4) is 0 Å². The lowest BCUT2D eigenvalue weighted by Crippen LogP contribution is -2.33. The van der Waals surface area contributed by atoms with E-state index in [4.69, 9.17) is 11.6 Å². The summed E-state index contributed by atoms with van der Waals surface area (Å²) in [6, 6.07) is 6.63. The van der Waals surface area contributed by atoms with Gasteiger partial charge in [-0.1, -0.05) is 30.7 Å². The number of aliphatic hydroxyl groups is 1. The Hall–Kier alpha value is -1.59. The molecule has 2 atom stereocenters. The summed E-state index contributed by atoms with van der Waals surface area (Å²) in [5.74, 6) is -0.369. The smallest absolute Gasteiger partial charge is 0.222 e. The van der Waals surface area contributed by atoms with Crippen molar-refractivity contribution in [2.75, 3.05) is 6.54 Å². The van der Waals surface area contributed by atoms with E-state index in [9.17, 15) is 14.7 Å². The zero-order valence-corrected chi connectivity index (χ0v) is 13.7. The molecule has 0 saturated heterocycles. The van der Waals surface area contributed by atoms with Gasteiger partial charge in [0.05, 0.1) is 18.6 Å². The maximum atomic E-state index is 12.0. The van der Waals surface area contributed by atoms with Gasteiger partial charge in [-0.3, -0.25) is 9.59 Å². The van der Waals surface area contributed by atoms with E-state index in [1.54, 1.807) is 24.3 Å². The number of aliphatic hydroxyl groups excluding tert-OH is 1. The molecule has 1 aromatic carbocycles. The predicted molar refractivity (Wildman–Crippen MR) is 86.6 cm³/mol. The molecule has 5 nitrogen and oxygen atoms in total. The first-order valence-corrected chi connectivity index (χ1v) is 7.77. The molecule has 122 valence electrons. The van der Waals surface area contributed by atoms with Crippen molar-refractivity contribution in [1.29, 1.82) is 0 Å². The van der Waals surface area contributed by atoms with Crippen molar-refractivity contribution < 1.29 is 14.7 Å². The van der Waals surface area contributed by atoms with E-state index in [0.717, 1.165) is 5.56 Å². The second kappa shape index (κ2) is 9.43. The molecule has 0 aromatic heterocycles. The Morgan fingerprint density at radius 2 is 1.91 bits per heavy atom. The van der Waals surface area contributed by atoms with Gasteiger partial charge in [0.25, 0.3) is 0 Å². The van der Waals surface area contributed by atoms with Gasteiger partial charge in [-0.2, -0.15) is 0 Å². The van der Waals surface area contributed by atoms with Gasteiger partial charge >= 0.3 is 0 Å². The number of halogens is 1.